The fraction of sp³-hybridized carbons (Fsp3) is 0.0667. The molecule has 0 fully saturated rings. The van der Waals surface area contributed by atoms with Gasteiger partial charge in [-0.3, -0.25) is 9.97 Å². The zero-order chi connectivity index (χ0) is 13.2. The van der Waals surface area contributed by atoms with Crippen LogP contribution in [0.5, 0.6) is 0 Å². The lowest BCUT2D eigenvalue weighted by atomic mass is 9.96. The summed E-state index contributed by atoms with van der Waals surface area (Å²) in [5, 5.41) is 2.74. The Balaban J connectivity index is 2.17. The van der Waals surface area contributed by atoms with Crippen molar-refractivity contribution in [3.05, 3.63) is 71.3 Å². The summed E-state index contributed by atoms with van der Waals surface area (Å²) in [4.78, 5) is 8.15. The lowest BCUT2D eigenvalue weighted by molar-refractivity contribution is 0.876. The number of halogens is 1. The Morgan fingerprint density at radius 2 is 1.74 bits per heavy atom. The van der Waals surface area contributed by atoms with E-state index in [1.807, 2.05) is 36.5 Å². The zero-order valence-electron chi connectivity index (χ0n) is 10.1. The van der Waals surface area contributed by atoms with Crippen molar-refractivity contribution >= 4 is 22.4 Å². The molecular weight excluding hydrogens is 258 g/mol. The van der Waals surface area contributed by atoms with Gasteiger partial charge in [0, 0.05) is 30.2 Å². The third kappa shape index (κ3) is 2.18. The van der Waals surface area contributed by atoms with Crippen LogP contribution in [0.25, 0.3) is 10.8 Å². The first-order valence-electron chi connectivity index (χ1n) is 5.95. The molecule has 3 aromatic rings. The van der Waals surface area contributed by atoms with Crippen LogP contribution < -0.4 is 5.73 Å². The van der Waals surface area contributed by atoms with Gasteiger partial charge in [0.25, 0.3) is 0 Å². The zero-order valence-corrected chi connectivity index (χ0v) is 10.9. The SMILES string of the molecule is NC(c1ccncc1Cl)c1cccc2ccncc12. The maximum Gasteiger partial charge on any atom is 0.0640 e. The highest BCUT2D eigenvalue weighted by Gasteiger charge is 2.14. The lowest BCUT2D eigenvalue weighted by Crippen LogP contribution is -2.13. The largest absolute Gasteiger partial charge is 0.320 e. The monoisotopic (exact) mass is 269 g/mol. The fourth-order valence-electron chi connectivity index (χ4n) is 2.21. The van der Waals surface area contributed by atoms with Crippen molar-refractivity contribution in [2.75, 3.05) is 0 Å². The molecule has 0 spiro atoms. The average Bonchev–Trinajstić information content (AvgIpc) is 2.46. The van der Waals surface area contributed by atoms with Crippen molar-refractivity contribution in [3.8, 4) is 0 Å². The molecule has 4 heteroatoms. The van der Waals surface area contributed by atoms with Gasteiger partial charge in [0.15, 0.2) is 0 Å². The fourth-order valence-corrected chi connectivity index (χ4v) is 2.45. The summed E-state index contributed by atoms with van der Waals surface area (Å²) in [6.45, 7) is 0. The maximum absolute atomic E-state index is 6.34. The molecule has 0 amide bonds. The van der Waals surface area contributed by atoms with Gasteiger partial charge in [0.2, 0.25) is 0 Å². The smallest absolute Gasteiger partial charge is 0.0640 e. The summed E-state index contributed by atoms with van der Waals surface area (Å²) in [6, 6.07) is 9.57. The normalized spacial score (nSPS) is 12.5. The van der Waals surface area contributed by atoms with Crippen molar-refractivity contribution in [2.45, 2.75) is 6.04 Å². The summed E-state index contributed by atoms with van der Waals surface area (Å²) < 4.78 is 0. The molecule has 2 aromatic heterocycles. The summed E-state index contributed by atoms with van der Waals surface area (Å²) >= 11 is 6.16. The van der Waals surface area contributed by atoms with Gasteiger partial charge >= 0.3 is 0 Å². The van der Waals surface area contributed by atoms with Crippen molar-refractivity contribution in [1.82, 2.24) is 9.97 Å². The Bertz CT molecular complexity index is 722. The molecule has 1 unspecified atom stereocenters. The molecule has 2 N–H and O–H groups in total. The number of aromatic nitrogens is 2. The van der Waals surface area contributed by atoms with Crippen LogP contribution >= 0.6 is 11.6 Å². The second-order valence-corrected chi connectivity index (χ2v) is 4.73. The van der Waals surface area contributed by atoms with Crippen LogP contribution in [0.4, 0.5) is 0 Å². The van der Waals surface area contributed by atoms with E-state index in [-0.39, 0.29) is 6.04 Å². The number of rotatable bonds is 2. The Labute approximate surface area is 116 Å². The van der Waals surface area contributed by atoms with Crippen LogP contribution in [0.15, 0.2) is 55.1 Å². The van der Waals surface area contributed by atoms with E-state index in [2.05, 4.69) is 9.97 Å². The molecule has 0 saturated carbocycles. The Kier molecular flexibility index (Phi) is 3.15. The molecule has 0 radical (unpaired) electrons. The standard InChI is InChI=1S/C15H12ClN3/c16-14-9-19-7-5-12(14)15(17)11-3-1-2-10-4-6-18-8-13(10)11/h1-9,15H,17H2. The summed E-state index contributed by atoms with van der Waals surface area (Å²) in [5.41, 5.74) is 8.22. The second-order valence-electron chi connectivity index (χ2n) is 4.32. The molecule has 0 aliphatic carbocycles. The molecular formula is C15H12ClN3. The van der Waals surface area contributed by atoms with Crippen LogP contribution in [0.3, 0.4) is 0 Å². The maximum atomic E-state index is 6.34. The minimum Gasteiger partial charge on any atom is -0.320 e. The molecule has 1 atom stereocenters. The molecule has 0 aliphatic rings. The third-order valence-electron chi connectivity index (χ3n) is 3.19. The molecule has 1 aromatic carbocycles. The van der Waals surface area contributed by atoms with Gasteiger partial charge in [-0.2, -0.15) is 0 Å². The van der Waals surface area contributed by atoms with E-state index in [4.69, 9.17) is 17.3 Å². The quantitative estimate of drug-likeness (QED) is 0.776. The Morgan fingerprint density at radius 1 is 0.947 bits per heavy atom. The lowest BCUT2D eigenvalue weighted by Gasteiger charge is -2.16. The van der Waals surface area contributed by atoms with E-state index in [9.17, 15) is 0 Å². The van der Waals surface area contributed by atoms with E-state index < -0.39 is 0 Å². The third-order valence-corrected chi connectivity index (χ3v) is 3.51. The highest BCUT2D eigenvalue weighted by atomic mass is 35.5. The second kappa shape index (κ2) is 4.96. The summed E-state index contributed by atoms with van der Waals surface area (Å²) in [7, 11) is 0. The van der Waals surface area contributed by atoms with Gasteiger partial charge in [0.1, 0.15) is 0 Å². The van der Waals surface area contributed by atoms with Crippen LogP contribution in [0.2, 0.25) is 5.02 Å². The summed E-state index contributed by atoms with van der Waals surface area (Å²) in [5.74, 6) is 0. The van der Waals surface area contributed by atoms with Crippen molar-refractivity contribution in [3.63, 3.8) is 0 Å². The van der Waals surface area contributed by atoms with E-state index in [0.29, 0.717) is 5.02 Å². The highest BCUT2D eigenvalue weighted by Crippen LogP contribution is 2.29. The molecule has 0 saturated heterocycles. The first-order valence-corrected chi connectivity index (χ1v) is 6.33. The number of hydrogen-bond acceptors (Lipinski definition) is 3. The van der Waals surface area contributed by atoms with Gasteiger partial charge < -0.3 is 5.73 Å². The predicted molar refractivity (Wildman–Crippen MR) is 77.0 cm³/mol. The van der Waals surface area contributed by atoms with Crippen LogP contribution in [-0.4, -0.2) is 9.97 Å². The van der Waals surface area contributed by atoms with Gasteiger partial charge in [-0.25, -0.2) is 0 Å². The number of nitrogens with zero attached hydrogens (tertiary/aromatic N) is 2. The number of pyridine rings is 2. The number of nitrogens with two attached hydrogens (primary N) is 1. The van der Waals surface area contributed by atoms with Gasteiger partial charge in [0.05, 0.1) is 11.1 Å². The van der Waals surface area contributed by atoms with Crippen LogP contribution in [-0.2, 0) is 0 Å². The Hall–Kier alpha value is -1.97. The Morgan fingerprint density at radius 3 is 2.58 bits per heavy atom. The average molecular weight is 270 g/mol. The van der Waals surface area contributed by atoms with Crippen molar-refractivity contribution in [2.24, 2.45) is 5.73 Å². The minimum atomic E-state index is -0.289. The van der Waals surface area contributed by atoms with Gasteiger partial charge in [-0.1, -0.05) is 29.8 Å². The molecule has 0 bridgehead atoms. The molecule has 3 nitrogen and oxygen atoms in total. The molecule has 19 heavy (non-hydrogen) atoms. The number of hydrogen-bond donors (Lipinski definition) is 1. The van der Waals surface area contributed by atoms with Crippen LogP contribution in [0.1, 0.15) is 17.2 Å². The van der Waals surface area contributed by atoms with Crippen molar-refractivity contribution < 1.29 is 0 Å². The topological polar surface area (TPSA) is 51.8 Å². The molecule has 0 aliphatic heterocycles. The number of fused-ring (bicyclic) bond motifs is 1. The van der Waals surface area contributed by atoms with Gasteiger partial charge in [-0.05, 0) is 28.6 Å². The highest BCUT2D eigenvalue weighted by molar-refractivity contribution is 6.31. The molecule has 3 rings (SSSR count). The predicted octanol–water partition coefficient (Wildman–Crippen LogP) is 3.33. The molecule has 2 heterocycles. The van der Waals surface area contributed by atoms with Crippen LogP contribution in [0, 0.1) is 0 Å². The van der Waals surface area contributed by atoms with Crippen molar-refractivity contribution in [1.29, 1.82) is 0 Å². The van der Waals surface area contributed by atoms with Gasteiger partial charge in [-0.15, -0.1) is 0 Å². The number of benzene rings is 1. The van der Waals surface area contributed by atoms with E-state index in [1.54, 1.807) is 18.6 Å². The first kappa shape index (κ1) is 12.1. The summed E-state index contributed by atoms with van der Waals surface area (Å²) in [6.07, 6.45) is 6.92. The minimum absolute atomic E-state index is 0.289. The first-order chi connectivity index (χ1) is 9.27. The van der Waals surface area contributed by atoms with E-state index in [1.165, 1.54) is 0 Å². The van der Waals surface area contributed by atoms with E-state index >= 15 is 0 Å². The molecule has 94 valence electrons. The van der Waals surface area contributed by atoms with E-state index in [0.717, 1.165) is 21.9 Å².